The molecular formula is C23H29Cl3N4O3. The molecule has 1 saturated heterocycles. The lowest BCUT2D eigenvalue weighted by Crippen LogP contribution is -2.43. The van der Waals surface area contributed by atoms with E-state index in [1.807, 2.05) is 42.5 Å². The van der Waals surface area contributed by atoms with Gasteiger partial charge in [-0.2, -0.15) is 4.98 Å². The number of aromatic nitrogens is 2. The lowest BCUT2D eigenvalue weighted by atomic mass is 10.0. The molecule has 1 fully saturated rings. The fourth-order valence-corrected chi connectivity index (χ4v) is 3.62. The van der Waals surface area contributed by atoms with Crippen molar-refractivity contribution >= 4 is 49.1 Å². The minimum Gasteiger partial charge on any atom is -0.490 e. The highest BCUT2D eigenvalue weighted by atomic mass is 35.5. The number of piperidine rings is 1. The van der Waals surface area contributed by atoms with E-state index in [2.05, 4.69) is 20.2 Å². The molecule has 1 N–H and O–H groups in total. The zero-order chi connectivity index (χ0) is 20.8. The van der Waals surface area contributed by atoms with Crippen molar-refractivity contribution in [3.63, 3.8) is 0 Å². The van der Waals surface area contributed by atoms with Crippen LogP contribution in [0.4, 0.5) is 6.01 Å². The van der Waals surface area contributed by atoms with Gasteiger partial charge in [-0.05, 0) is 43.9 Å². The smallest absolute Gasteiger partial charge is 0.298 e. The van der Waals surface area contributed by atoms with E-state index in [-0.39, 0.29) is 54.9 Å². The predicted molar refractivity (Wildman–Crippen MR) is 135 cm³/mol. The van der Waals surface area contributed by atoms with Crippen LogP contribution in [0.25, 0.3) is 0 Å². The number of hydrogen-bond donors (Lipinski definition) is 1. The Morgan fingerprint density at radius 3 is 2.67 bits per heavy atom. The second-order valence-electron chi connectivity index (χ2n) is 7.42. The van der Waals surface area contributed by atoms with E-state index in [1.54, 1.807) is 19.3 Å². The SMILES string of the molecule is Cc1nc(N2CCCCC2COc2cccnc2)oc1C(=O)NCc1ccccc1.Cl.Cl.Cl. The Hall–Kier alpha value is -2.48. The van der Waals surface area contributed by atoms with E-state index in [4.69, 9.17) is 9.15 Å². The molecule has 0 saturated carbocycles. The maximum atomic E-state index is 12.6. The third kappa shape index (κ3) is 7.52. The summed E-state index contributed by atoms with van der Waals surface area (Å²) in [5.74, 6) is 0.751. The van der Waals surface area contributed by atoms with Gasteiger partial charge in [-0.3, -0.25) is 9.78 Å². The third-order valence-corrected chi connectivity index (χ3v) is 5.24. The van der Waals surface area contributed by atoms with Crippen LogP contribution in [0.5, 0.6) is 5.75 Å². The molecule has 3 aromatic rings. The highest BCUT2D eigenvalue weighted by Gasteiger charge is 2.29. The Kier molecular flexibility index (Phi) is 12.1. The van der Waals surface area contributed by atoms with Crippen molar-refractivity contribution in [2.24, 2.45) is 0 Å². The van der Waals surface area contributed by atoms with Crippen LogP contribution < -0.4 is 15.0 Å². The first-order valence-corrected chi connectivity index (χ1v) is 10.3. The fraction of sp³-hybridized carbons (Fsp3) is 0.348. The van der Waals surface area contributed by atoms with Crippen LogP contribution in [-0.2, 0) is 6.54 Å². The highest BCUT2D eigenvalue weighted by molar-refractivity contribution is 5.92. The molecule has 33 heavy (non-hydrogen) atoms. The van der Waals surface area contributed by atoms with Crippen LogP contribution >= 0.6 is 37.2 Å². The van der Waals surface area contributed by atoms with Gasteiger partial charge >= 0.3 is 0 Å². The molecule has 1 aliphatic rings. The lowest BCUT2D eigenvalue weighted by molar-refractivity contribution is 0.0922. The molecule has 7 nitrogen and oxygen atoms in total. The van der Waals surface area contributed by atoms with Crippen molar-refractivity contribution in [1.29, 1.82) is 0 Å². The zero-order valence-electron chi connectivity index (χ0n) is 18.3. The first-order chi connectivity index (χ1) is 14.7. The predicted octanol–water partition coefficient (Wildman–Crippen LogP) is 5.01. The van der Waals surface area contributed by atoms with E-state index >= 15 is 0 Å². The summed E-state index contributed by atoms with van der Waals surface area (Å²) in [5, 5.41) is 2.91. The van der Waals surface area contributed by atoms with E-state index in [0.717, 1.165) is 37.1 Å². The molecule has 0 bridgehead atoms. The molecule has 0 aliphatic carbocycles. The zero-order valence-corrected chi connectivity index (χ0v) is 20.8. The number of ether oxygens (including phenoxy) is 1. The third-order valence-electron chi connectivity index (χ3n) is 5.24. The summed E-state index contributed by atoms with van der Waals surface area (Å²) in [6.45, 7) is 3.59. The Balaban J connectivity index is 0.00000181. The van der Waals surface area contributed by atoms with Gasteiger partial charge < -0.3 is 19.4 Å². The van der Waals surface area contributed by atoms with Crippen LogP contribution in [0.15, 0.2) is 59.3 Å². The van der Waals surface area contributed by atoms with Crippen molar-refractivity contribution in [2.75, 3.05) is 18.1 Å². The van der Waals surface area contributed by atoms with Gasteiger partial charge in [-0.25, -0.2) is 0 Å². The number of carbonyl (C=O) groups excluding carboxylic acids is 1. The molecule has 1 aromatic carbocycles. The number of oxazole rings is 1. The molecular weight excluding hydrogens is 487 g/mol. The minimum absolute atomic E-state index is 0. The Morgan fingerprint density at radius 1 is 1.15 bits per heavy atom. The van der Waals surface area contributed by atoms with E-state index in [1.165, 1.54) is 0 Å². The second kappa shape index (κ2) is 13.9. The molecule has 3 heterocycles. The van der Waals surface area contributed by atoms with Crippen molar-refractivity contribution < 1.29 is 13.9 Å². The average Bonchev–Trinajstić information content (AvgIpc) is 3.19. The summed E-state index contributed by atoms with van der Waals surface area (Å²) in [5.41, 5.74) is 1.62. The van der Waals surface area contributed by atoms with Crippen molar-refractivity contribution in [3.8, 4) is 5.75 Å². The van der Waals surface area contributed by atoms with Crippen LogP contribution in [0, 0.1) is 6.92 Å². The van der Waals surface area contributed by atoms with Crippen LogP contribution in [0.3, 0.4) is 0 Å². The molecule has 4 rings (SSSR count). The molecule has 1 unspecified atom stereocenters. The monoisotopic (exact) mass is 514 g/mol. The standard InChI is InChI=1S/C23H26N4O3.3ClH/c1-17-21(22(28)25-14-18-8-3-2-4-9-18)30-23(26-17)27-13-6-5-10-19(27)16-29-20-11-7-12-24-15-20;;;/h2-4,7-9,11-12,15,19H,5-6,10,13-14,16H2,1H3,(H,25,28);3*1H. The summed E-state index contributed by atoms with van der Waals surface area (Å²) in [6.07, 6.45) is 6.59. The molecule has 1 aliphatic heterocycles. The van der Waals surface area contributed by atoms with Gasteiger partial charge in [-0.1, -0.05) is 30.3 Å². The first kappa shape index (κ1) is 28.6. The van der Waals surface area contributed by atoms with Crippen molar-refractivity contribution in [3.05, 3.63) is 71.9 Å². The van der Waals surface area contributed by atoms with Crippen LogP contribution in [0.1, 0.15) is 41.1 Å². The summed E-state index contributed by atoms with van der Waals surface area (Å²) < 4.78 is 11.8. The molecule has 0 spiro atoms. The van der Waals surface area contributed by atoms with Gasteiger partial charge in [-0.15, -0.1) is 37.2 Å². The number of nitrogens with zero attached hydrogens (tertiary/aromatic N) is 3. The van der Waals surface area contributed by atoms with Gasteiger partial charge in [0, 0.05) is 19.3 Å². The maximum Gasteiger partial charge on any atom is 0.298 e. The molecule has 2 aromatic heterocycles. The number of aryl methyl sites for hydroxylation is 1. The number of anilines is 1. The average molecular weight is 516 g/mol. The normalized spacial score (nSPS) is 14.8. The number of hydrogen-bond acceptors (Lipinski definition) is 6. The van der Waals surface area contributed by atoms with Crippen LogP contribution in [0.2, 0.25) is 0 Å². The number of halogens is 3. The number of amides is 1. The fourth-order valence-electron chi connectivity index (χ4n) is 3.62. The van der Waals surface area contributed by atoms with E-state index < -0.39 is 0 Å². The first-order valence-electron chi connectivity index (χ1n) is 10.3. The molecule has 10 heteroatoms. The van der Waals surface area contributed by atoms with Gasteiger partial charge in [0.15, 0.2) is 0 Å². The molecule has 180 valence electrons. The van der Waals surface area contributed by atoms with Crippen LogP contribution in [-0.4, -0.2) is 35.1 Å². The van der Waals surface area contributed by atoms with E-state index in [9.17, 15) is 4.79 Å². The lowest BCUT2D eigenvalue weighted by Gasteiger charge is -2.34. The maximum absolute atomic E-state index is 12.6. The Morgan fingerprint density at radius 2 is 1.94 bits per heavy atom. The second-order valence-corrected chi connectivity index (χ2v) is 7.42. The summed E-state index contributed by atoms with van der Waals surface area (Å²) in [4.78, 5) is 23.4. The number of rotatable bonds is 7. The van der Waals surface area contributed by atoms with Gasteiger partial charge in [0.05, 0.1) is 17.9 Å². The minimum atomic E-state index is -0.254. The number of pyridine rings is 1. The van der Waals surface area contributed by atoms with E-state index in [0.29, 0.717) is 24.9 Å². The van der Waals surface area contributed by atoms with Crippen molar-refractivity contribution in [1.82, 2.24) is 15.3 Å². The Labute approximate surface area is 212 Å². The summed E-state index contributed by atoms with van der Waals surface area (Å²) >= 11 is 0. The molecule has 1 atom stereocenters. The topological polar surface area (TPSA) is 80.5 Å². The quantitative estimate of drug-likeness (QED) is 0.476. The number of benzene rings is 1. The molecule has 1 amide bonds. The van der Waals surface area contributed by atoms with Crippen molar-refractivity contribution in [2.45, 2.75) is 38.8 Å². The van der Waals surface area contributed by atoms with Gasteiger partial charge in [0.2, 0.25) is 5.76 Å². The number of nitrogens with one attached hydrogen (secondary N) is 1. The summed E-state index contributed by atoms with van der Waals surface area (Å²) in [6, 6.07) is 14.2. The number of carbonyl (C=O) groups is 1. The highest BCUT2D eigenvalue weighted by Crippen LogP contribution is 2.27. The van der Waals surface area contributed by atoms with Gasteiger partial charge in [0.25, 0.3) is 11.9 Å². The molecule has 0 radical (unpaired) electrons. The van der Waals surface area contributed by atoms with Gasteiger partial charge in [0.1, 0.15) is 12.4 Å². The largest absolute Gasteiger partial charge is 0.490 e. The Bertz CT molecular complexity index is 974. The summed E-state index contributed by atoms with van der Waals surface area (Å²) in [7, 11) is 0.